The summed E-state index contributed by atoms with van der Waals surface area (Å²) in [6.07, 6.45) is 3.66. The van der Waals surface area contributed by atoms with Gasteiger partial charge in [0.05, 0.1) is 18.9 Å². The molecular weight excluding hydrogens is 352 g/mol. The molecule has 1 amide bonds. The zero-order chi connectivity index (χ0) is 20.1. The Labute approximate surface area is 166 Å². The number of nitrogens with one attached hydrogen (secondary N) is 2. The van der Waals surface area contributed by atoms with Gasteiger partial charge in [-0.3, -0.25) is 4.79 Å². The van der Waals surface area contributed by atoms with Gasteiger partial charge in [0.15, 0.2) is 0 Å². The van der Waals surface area contributed by atoms with Gasteiger partial charge in [-0.2, -0.15) is 0 Å². The molecule has 1 aromatic heterocycles. The molecule has 0 saturated carbocycles. The lowest BCUT2D eigenvalue weighted by atomic mass is 10.00. The summed E-state index contributed by atoms with van der Waals surface area (Å²) in [7, 11) is 1.85. The first kappa shape index (κ1) is 19.9. The predicted octanol–water partition coefficient (Wildman–Crippen LogP) is 3.73. The second kappa shape index (κ2) is 8.89. The number of carbonyl (C=O) groups is 1. The fraction of sp³-hybridized carbons (Fsp3) is 0.364. The van der Waals surface area contributed by atoms with Crippen LogP contribution in [0.4, 0.5) is 11.5 Å². The third-order valence-electron chi connectivity index (χ3n) is 4.73. The maximum Gasteiger partial charge on any atom is 0.254 e. The average molecular weight is 380 g/mol. The van der Waals surface area contributed by atoms with Crippen molar-refractivity contribution >= 4 is 23.5 Å². The quantitative estimate of drug-likeness (QED) is 0.799. The maximum atomic E-state index is 12.7. The van der Waals surface area contributed by atoms with Gasteiger partial charge in [0.2, 0.25) is 0 Å². The molecule has 6 nitrogen and oxygen atoms in total. The van der Waals surface area contributed by atoms with Crippen molar-refractivity contribution in [1.29, 1.82) is 0 Å². The summed E-state index contributed by atoms with van der Waals surface area (Å²) in [6.45, 7) is 10.6. The third kappa shape index (κ3) is 4.17. The molecule has 28 heavy (non-hydrogen) atoms. The molecular formula is C22H28N4O2. The molecule has 148 valence electrons. The summed E-state index contributed by atoms with van der Waals surface area (Å²) in [5.41, 5.74) is 4.58. The molecule has 0 aliphatic carbocycles. The smallest absolute Gasteiger partial charge is 0.254 e. The predicted molar refractivity (Wildman–Crippen MR) is 115 cm³/mol. The monoisotopic (exact) mass is 380 g/mol. The number of anilines is 2. The second-order valence-electron chi connectivity index (χ2n) is 7.04. The molecule has 3 rings (SSSR count). The highest BCUT2D eigenvalue weighted by atomic mass is 16.5. The van der Waals surface area contributed by atoms with Gasteiger partial charge in [0.1, 0.15) is 5.82 Å². The molecule has 2 N–H and O–H groups in total. The number of ether oxygens (including phenoxy) is 1. The topological polar surface area (TPSA) is 66.5 Å². The number of carbonyl (C=O) groups excluding carboxylic acids is 1. The summed E-state index contributed by atoms with van der Waals surface area (Å²) in [6, 6.07) is 7.97. The van der Waals surface area contributed by atoms with E-state index in [1.54, 1.807) is 0 Å². The number of aromatic nitrogens is 1. The van der Waals surface area contributed by atoms with Crippen LogP contribution in [0.2, 0.25) is 0 Å². The summed E-state index contributed by atoms with van der Waals surface area (Å²) in [4.78, 5) is 19.0. The molecule has 1 aromatic carbocycles. The molecule has 0 spiro atoms. The van der Waals surface area contributed by atoms with Crippen LogP contribution in [0.25, 0.3) is 17.2 Å². The molecule has 0 radical (unpaired) electrons. The van der Waals surface area contributed by atoms with E-state index < -0.39 is 0 Å². The highest BCUT2D eigenvalue weighted by Crippen LogP contribution is 2.35. The zero-order valence-corrected chi connectivity index (χ0v) is 16.8. The number of pyridine rings is 1. The number of rotatable bonds is 6. The van der Waals surface area contributed by atoms with E-state index in [0.717, 1.165) is 28.2 Å². The highest BCUT2D eigenvalue weighted by molar-refractivity contribution is 5.95. The minimum Gasteiger partial charge on any atom is -0.382 e. The number of morpholine rings is 1. The van der Waals surface area contributed by atoms with E-state index >= 15 is 0 Å². The Morgan fingerprint density at radius 2 is 1.93 bits per heavy atom. The molecule has 2 heterocycles. The number of amides is 1. The van der Waals surface area contributed by atoms with Crippen LogP contribution in [-0.2, 0) is 4.74 Å². The summed E-state index contributed by atoms with van der Waals surface area (Å²) >= 11 is 0. The Morgan fingerprint density at radius 3 is 2.50 bits per heavy atom. The Balaban J connectivity index is 1.94. The van der Waals surface area contributed by atoms with Gasteiger partial charge in [0, 0.05) is 49.1 Å². The standard InChI is InChI=1S/C22H28N4O2/c1-5-18-20(25-15(2)3)19(14-24-21(18)23-4)16-6-8-17(9-7-16)22(27)26-10-12-28-13-11-26/h5-9,14-15H,1,10-13H2,2-4H3,(H2,23,24,25). The fourth-order valence-corrected chi connectivity index (χ4v) is 3.33. The second-order valence-corrected chi connectivity index (χ2v) is 7.04. The van der Waals surface area contributed by atoms with E-state index in [1.807, 2.05) is 48.5 Å². The van der Waals surface area contributed by atoms with E-state index in [1.165, 1.54) is 0 Å². The van der Waals surface area contributed by atoms with Gasteiger partial charge in [-0.05, 0) is 31.5 Å². The summed E-state index contributed by atoms with van der Waals surface area (Å²) in [5, 5.41) is 6.63. The Hall–Kier alpha value is -2.86. The van der Waals surface area contributed by atoms with Gasteiger partial charge in [-0.25, -0.2) is 4.98 Å². The number of nitrogens with zero attached hydrogens (tertiary/aromatic N) is 2. The third-order valence-corrected chi connectivity index (χ3v) is 4.73. The van der Waals surface area contributed by atoms with Gasteiger partial charge in [0.25, 0.3) is 5.91 Å². The SMILES string of the molecule is C=Cc1c(NC)ncc(-c2ccc(C(=O)N3CCOCC3)cc2)c1NC(C)C. The van der Waals surface area contributed by atoms with Gasteiger partial charge in [-0.15, -0.1) is 0 Å². The minimum atomic E-state index is 0.0471. The van der Waals surface area contributed by atoms with E-state index in [4.69, 9.17) is 4.74 Å². The van der Waals surface area contributed by atoms with Crippen LogP contribution in [0.3, 0.4) is 0 Å². The van der Waals surface area contributed by atoms with Crippen LogP contribution in [0, 0.1) is 0 Å². The van der Waals surface area contributed by atoms with Crippen LogP contribution in [0.15, 0.2) is 37.0 Å². The van der Waals surface area contributed by atoms with Crippen molar-refractivity contribution in [3.8, 4) is 11.1 Å². The average Bonchev–Trinajstić information content (AvgIpc) is 2.73. The molecule has 0 atom stereocenters. The Bertz CT molecular complexity index is 840. The summed E-state index contributed by atoms with van der Waals surface area (Å²) < 4.78 is 5.33. The van der Waals surface area contributed by atoms with Gasteiger partial charge < -0.3 is 20.3 Å². The molecule has 0 unspecified atom stereocenters. The number of benzene rings is 1. The normalized spacial score (nSPS) is 14.1. The van der Waals surface area contributed by atoms with E-state index in [2.05, 4.69) is 36.0 Å². The van der Waals surface area contributed by atoms with E-state index in [9.17, 15) is 4.79 Å². The Kier molecular flexibility index (Phi) is 6.31. The van der Waals surface area contributed by atoms with E-state index in [0.29, 0.717) is 31.9 Å². The molecule has 0 bridgehead atoms. The maximum absolute atomic E-state index is 12.7. The first-order chi connectivity index (χ1) is 13.5. The van der Waals surface area contributed by atoms with Gasteiger partial charge >= 0.3 is 0 Å². The van der Waals surface area contributed by atoms with Crippen molar-refractivity contribution < 1.29 is 9.53 Å². The highest BCUT2D eigenvalue weighted by Gasteiger charge is 2.19. The number of hydrogen-bond acceptors (Lipinski definition) is 5. The first-order valence-corrected chi connectivity index (χ1v) is 9.62. The van der Waals surface area contributed by atoms with Crippen molar-refractivity contribution in [1.82, 2.24) is 9.88 Å². The molecule has 1 aliphatic rings. The lowest BCUT2D eigenvalue weighted by molar-refractivity contribution is 0.0303. The Morgan fingerprint density at radius 1 is 1.25 bits per heavy atom. The molecule has 1 fully saturated rings. The number of hydrogen-bond donors (Lipinski definition) is 2. The van der Waals surface area contributed by atoms with Crippen LogP contribution < -0.4 is 10.6 Å². The van der Waals surface area contributed by atoms with Gasteiger partial charge in [-0.1, -0.05) is 24.8 Å². The lowest BCUT2D eigenvalue weighted by Gasteiger charge is -2.27. The van der Waals surface area contributed by atoms with E-state index in [-0.39, 0.29) is 11.9 Å². The lowest BCUT2D eigenvalue weighted by Crippen LogP contribution is -2.40. The van der Waals surface area contributed by atoms with Crippen molar-refractivity contribution in [3.05, 3.63) is 48.2 Å². The van der Waals surface area contributed by atoms with Crippen molar-refractivity contribution in [2.45, 2.75) is 19.9 Å². The van der Waals surface area contributed by atoms with Crippen molar-refractivity contribution in [2.24, 2.45) is 0 Å². The van der Waals surface area contributed by atoms with Crippen LogP contribution in [-0.4, -0.2) is 55.2 Å². The fourth-order valence-electron chi connectivity index (χ4n) is 3.33. The van der Waals surface area contributed by atoms with Crippen LogP contribution in [0.1, 0.15) is 29.8 Å². The van der Waals surface area contributed by atoms with Crippen molar-refractivity contribution in [3.63, 3.8) is 0 Å². The summed E-state index contributed by atoms with van der Waals surface area (Å²) in [5.74, 6) is 0.826. The van der Waals surface area contributed by atoms with Crippen molar-refractivity contribution in [2.75, 3.05) is 44.0 Å². The van der Waals surface area contributed by atoms with Crippen LogP contribution in [0.5, 0.6) is 0 Å². The first-order valence-electron chi connectivity index (χ1n) is 9.62. The molecule has 1 aliphatic heterocycles. The molecule has 2 aromatic rings. The molecule has 6 heteroatoms. The zero-order valence-electron chi connectivity index (χ0n) is 16.8. The van der Waals surface area contributed by atoms with Crippen LogP contribution >= 0.6 is 0 Å². The largest absolute Gasteiger partial charge is 0.382 e. The minimum absolute atomic E-state index is 0.0471. The molecule has 1 saturated heterocycles.